The topological polar surface area (TPSA) is 55.7 Å². The zero-order valence-electron chi connectivity index (χ0n) is 18.6. The molecule has 33 heavy (non-hydrogen) atoms. The molecule has 2 aromatic heterocycles. The third kappa shape index (κ3) is 2.91. The van der Waals surface area contributed by atoms with E-state index in [1.807, 2.05) is 44.2 Å². The highest BCUT2D eigenvalue weighted by atomic mass is 16.5. The molecule has 0 unspecified atom stereocenters. The van der Waals surface area contributed by atoms with Crippen molar-refractivity contribution in [3.8, 4) is 11.5 Å². The second kappa shape index (κ2) is 7.17. The molecule has 4 nitrogen and oxygen atoms in total. The van der Waals surface area contributed by atoms with Crippen LogP contribution in [0, 0.1) is 0 Å². The van der Waals surface area contributed by atoms with Gasteiger partial charge in [0, 0.05) is 21.5 Å². The highest BCUT2D eigenvalue weighted by Gasteiger charge is 2.15. The molecular formula is C29H22O4. The van der Waals surface area contributed by atoms with Gasteiger partial charge in [-0.1, -0.05) is 26.0 Å². The maximum atomic E-state index is 9.86. The Morgan fingerprint density at radius 3 is 1.61 bits per heavy atom. The first-order valence-corrected chi connectivity index (χ1v) is 11.1. The lowest BCUT2D eigenvalue weighted by atomic mass is 10.0. The molecule has 0 saturated carbocycles. The summed E-state index contributed by atoms with van der Waals surface area (Å²) in [5.74, 6) is 1.08. The summed E-state index contributed by atoms with van der Waals surface area (Å²) in [7, 11) is 1.68. The molecule has 0 fully saturated rings. The molecule has 162 valence electrons. The van der Waals surface area contributed by atoms with Crippen LogP contribution in [0.4, 0.5) is 0 Å². The molecule has 1 N–H and O–H groups in total. The molecule has 7 aromatic rings. The van der Waals surface area contributed by atoms with Gasteiger partial charge in [-0.2, -0.15) is 0 Å². The Kier molecular flexibility index (Phi) is 4.24. The molecule has 0 saturated heterocycles. The molecule has 4 heteroatoms. The van der Waals surface area contributed by atoms with Gasteiger partial charge in [-0.3, -0.25) is 0 Å². The smallest absolute Gasteiger partial charge is 0.136 e. The van der Waals surface area contributed by atoms with E-state index in [9.17, 15) is 5.11 Å². The summed E-state index contributed by atoms with van der Waals surface area (Å²) >= 11 is 0. The van der Waals surface area contributed by atoms with E-state index in [0.717, 1.165) is 71.2 Å². The van der Waals surface area contributed by atoms with Crippen molar-refractivity contribution in [2.24, 2.45) is 0 Å². The summed E-state index contributed by atoms with van der Waals surface area (Å²) in [5.41, 5.74) is 3.30. The maximum absolute atomic E-state index is 9.86. The Balaban J connectivity index is 0.00000101. The van der Waals surface area contributed by atoms with Gasteiger partial charge >= 0.3 is 0 Å². The largest absolute Gasteiger partial charge is 0.508 e. The quantitative estimate of drug-likeness (QED) is 0.281. The number of benzene rings is 5. The number of hydrogen-bond donors (Lipinski definition) is 1. The van der Waals surface area contributed by atoms with Crippen molar-refractivity contribution in [3.63, 3.8) is 0 Å². The average Bonchev–Trinajstić information content (AvgIpc) is 3.36. The molecule has 0 aliphatic rings. The van der Waals surface area contributed by atoms with Crippen LogP contribution in [-0.4, -0.2) is 12.2 Å². The van der Waals surface area contributed by atoms with Gasteiger partial charge in [-0.05, 0) is 82.2 Å². The van der Waals surface area contributed by atoms with Gasteiger partial charge in [0.15, 0.2) is 0 Å². The van der Waals surface area contributed by atoms with Crippen LogP contribution in [0.1, 0.15) is 13.8 Å². The lowest BCUT2D eigenvalue weighted by Crippen LogP contribution is -1.82. The molecule has 0 radical (unpaired) electrons. The van der Waals surface area contributed by atoms with Crippen molar-refractivity contribution >= 4 is 65.4 Å². The second-order valence-electron chi connectivity index (χ2n) is 7.99. The van der Waals surface area contributed by atoms with E-state index in [1.165, 1.54) is 0 Å². The number of aromatic hydroxyl groups is 1. The van der Waals surface area contributed by atoms with Gasteiger partial charge in [-0.15, -0.1) is 0 Å². The fourth-order valence-corrected chi connectivity index (χ4v) is 4.62. The summed E-state index contributed by atoms with van der Waals surface area (Å²) in [6, 6.07) is 23.8. The lowest BCUT2D eigenvalue weighted by molar-refractivity contribution is 0.415. The molecule has 0 spiro atoms. The fraction of sp³-hybridized carbons (Fsp3) is 0.103. The Labute approximate surface area is 189 Å². The van der Waals surface area contributed by atoms with E-state index in [-0.39, 0.29) is 5.75 Å². The van der Waals surface area contributed by atoms with Crippen molar-refractivity contribution in [1.82, 2.24) is 0 Å². The van der Waals surface area contributed by atoms with E-state index in [1.54, 1.807) is 19.2 Å². The predicted octanol–water partition coefficient (Wildman–Crippen LogP) is 8.53. The minimum atomic E-state index is 0.253. The van der Waals surface area contributed by atoms with Gasteiger partial charge in [0.25, 0.3) is 0 Å². The van der Waals surface area contributed by atoms with Gasteiger partial charge in [0.05, 0.1) is 7.11 Å². The maximum Gasteiger partial charge on any atom is 0.136 e. The third-order valence-corrected chi connectivity index (χ3v) is 6.17. The van der Waals surface area contributed by atoms with Gasteiger partial charge < -0.3 is 18.7 Å². The molecule has 5 aromatic carbocycles. The van der Waals surface area contributed by atoms with Gasteiger partial charge in [-0.25, -0.2) is 0 Å². The van der Waals surface area contributed by atoms with E-state index < -0.39 is 0 Å². The molecule has 0 aliphatic heterocycles. The third-order valence-electron chi connectivity index (χ3n) is 6.17. The normalized spacial score (nSPS) is 11.6. The number of phenolic OH excluding ortho intramolecular Hbond substituents is 1. The van der Waals surface area contributed by atoms with Crippen LogP contribution in [0.25, 0.3) is 65.4 Å². The zero-order valence-corrected chi connectivity index (χ0v) is 18.6. The van der Waals surface area contributed by atoms with Crippen molar-refractivity contribution < 1.29 is 18.7 Å². The summed E-state index contributed by atoms with van der Waals surface area (Å²) in [6.45, 7) is 4.00. The van der Waals surface area contributed by atoms with Crippen LogP contribution in [0.5, 0.6) is 11.5 Å². The first-order chi connectivity index (χ1) is 16.2. The van der Waals surface area contributed by atoms with Crippen molar-refractivity contribution in [3.05, 3.63) is 72.8 Å². The first kappa shape index (κ1) is 19.5. The summed E-state index contributed by atoms with van der Waals surface area (Å²) in [6.07, 6.45) is 0. The minimum Gasteiger partial charge on any atom is -0.508 e. The molecule has 0 bridgehead atoms. The highest BCUT2D eigenvalue weighted by Crippen LogP contribution is 2.39. The predicted molar refractivity (Wildman–Crippen MR) is 136 cm³/mol. The van der Waals surface area contributed by atoms with Gasteiger partial charge in [0.2, 0.25) is 0 Å². The van der Waals surface area contributed by atoms with E-state index >= 15 is 0 Å². The van der Waals surface area contributed by atoms with Crippen LogP contribution in [0.3, 0.4) is 0 Å². The van der Waals surface area contributed by atoms with E-state index in [4.69, 9.17) is 13.6 Å². The zero-order chi connectivity index (χ0) is 22.7. The van der Waals surface area contributed by atoms with Crippen LogP contribution < -0.4 is 4.74 Å². The number of fused-ring (bicyclic) bond motifs is 8. The Bertz CT molecular complexity index is 1840. The molecule has 2 heterocycles. The number of rotatable bonds is 1. The molecule has 0 amide bonds. The van der Waals surface area contributed by atoms with E-state index in [2.05, 4.69) is 30.3 Å². The van der Waals surface area contributed by atoms with Crippen LogP contribution in [-0.2, 0) is 0 Å². The molecule has 0 atom stereocenters. The number of phenols is 1. The van der Waals surface area contributed by atoms with Crippen LogP contribution in [0.2, 0.25) is 0 Å². The number of ether oxygens (including phenoxy) is 1. The Morgan fingerprint density at radius 2 is 1.03 bits per heavy atom. The Hall–Kier alpha value is -4.18. The minimum absolute atomic E-state index is 0.253. The fourth-order valence-electron chi connectivity index (χ4n) is 4.62. The SMILES string of the molecule is CC.COc1ccc2cc3oc4cc5c(cc4c3cc2c1)oc1cc2ccc(O)cc2cc15. The Morgan fingerprint density at radius 1 is 0.545 bits per heavy atom. The number of methoxy groups -OCH3 is 1. The molecular weight excluding hydrogens is 412 g/mol. The number of furan rings is 2. The molecule has 7 rings (SSSR count). The highest BCUT2D eigenvalue weighted by molar-refractivity contribution is 6.18. The average molecular weight is 434 g/mol. The van der Waals surface area contributed by atoms with Crippen molar-refractivity contribution in [2.75, 3.05) is 7.11 Å². The summed E-state index contributed by atoms with van der Waals surface area (Å²) in [5, 5.41) is 18.1. The van der Waals surface area contributed by atoms with Crippen LogP contribution in [0.15, 0.2) is 81.6 Å². The number of hydrogen-bond acceptors (Lipinski definition) is 4. The van der Waals surface area contributed by atoms with Crippen molar-refractivity contribution in [1.29, 1.82) is 0 Å². The standard InChI is InChI=1S/C27H16O4.C2H6/c1-29-19-5-3-15-11-25-21(9-17(15)7-19)23-13-26-22(12-27(23)31-25)20-8-16-6-18(28)4-2-14(16)10-24(20)30-26;1-2/h2-13,28H,1H3;1-2H3. The van der Waals surface area contributed by atoms with Gasteiger partial charge in [0.1, 0.15) is 33.8 Å². The first-order valence-electron chi connectivity index (χ1n) is 11.1. The van der Waals surface area contributed by atoms with E-state index in [0.29, 0.717) is 0 Å². The summed E-state index contributed by atoms with van der Waals surface area (Å²) < 4.78 is 17.8. The molecule has 0 aliphatic carbocycles. The second-order valence-corrected chi connectivity index (χ2v) is 7.99. The summed E-state index contributed by atoms with van der Waals surface area (Å²) in [4.78, 5) is 0. The van der Waals surface area contributed by atoms with Crippen molar-refractivity contribution in [2.45, 2.75) is 13.8 Å². The lowest BCUT2D eigenvalue weighted by Gasteiger charge is -2.02. The monoisotopic (exact) mass is 434 g/mol. The van der Waals surface area contributed by atoms with Crippen LogP contribution >= 0.6 is 0 Å².